The number of anilines is 2. The Labute approximate surface area is 135 Å². The predicted octanol–water partition coefficient (Wildman–Crippen LogP) is 3.07. The van der Waals surface area contributed by atoms with E-state index in [-0.39, 0.29) is 6.03 Å². The number of hydrogen-bond acceptors (Lipinski definition) is 6. The number of benzene rings is 1. The Morgan fingerprint density at radius 1 is 1.41 bits per heavy atom. The number of aromatic nitrogens is 2. The minimum absolute atomic E-state index is 0.333. The molecule has 111 valence electrons. The first-order valence-corrected chi connectivity index (χ1v) is 8.04. The van der Waals surface area contributed by atoms with Gasteiger partial charge in [0, 0.05) is 18.0 Å². The maximum Gasteiger partial charge on any atom is 0.320 e. The van der Waals surface area contributed by atoms with Crippen LogP contribution in [-0.2, 0) is 0 Å². The molecule has 8 heteroatoms. The van der Waals surface area contributed by atoms with E-state index in [1.165, 1.54) is 29.7 Å². The molecule has 0 fully saturated rings. The third kappa shape index (κ3) is 2.92. The van der Waals surface area contributed by atoms with Crippen molar-refractivity contribution >= 4 is 39.7 Å². The highest BCUT2D eigenvalue weighted by Gasteiger charge is 2.15. The van der Waals surface area contributed by atoms with Gasteiger partial charge in [-0.1, -0.05) is 29.5 Å². The molecule has 2 heterocycles. The summed E-state index contributed by atoms with van der Waals surface area (Å²) in [7, 11) is 1.54. The van der Waals surface area contributed by atoms with Crippen LogP contribution in [0.4, 0.5) is 15.7 Å². The lowest BCUT2D eigenvalue weighted by Gasteiger charge is -1.97. The Hall–Kier alpha value is -2.45. The lowest BCUT2D eigenvalue weighted by atomic mass is 10.2. The lowest BCUT2D eigenvalue weighted by molar-refractivity contribution is 0.254. The Morgan fingerprint density at radius 2 is 2.27 bits per heavy atom. The number of nitrogens with two attached hydrogens (primary N) is 1. The third-order valence-electron chi connectivity index (χ3n) is 2.80. The maximum atomic E-state index is 11.3. The van der Waals surface area contributed by atoms with Crippen LogP contribution >= 0.6 is 22.7 Å². The van der Waals surface area contributed by atoms with Crippen molar-refractivity contribution in [3.05, 3.63) is 35.7 Å². The van der Waals surface area contributed by atoms with Crippen molar-refractivity contribution in [3.63, 3.8) is 0 Å². The van der Waals surface area contributed by atoms with Crippen LogP contribution in [-0.4, -0.2) is 23.0 Å². The standard InChI is InChI=1S/C14H12N5OS2/c1-16-13(20)19-14-18-11(15)10(22-14)12-17-9(7-21-12)8-5-3-2-4-6-8/h2-3,5-7H,15H2,1H3,(H2,16,18,19,20). The first-order chi connectivity index (χ1) is 10.7. The van der Waals surface area contributed by atoms with Gasteiger partial charge in [0.1, 0.15) is 15.7 Å². The zero-order valence-corrected chi connectivity index (χ0v) is 13.2. The molecule has 0 unspecified atom stereocenters. The van der Waals surface area contributed by atoms with E-state index in [1.807, 2.05) is 29.6 Å². The fourth-order valence-corrected chi connectivity index (χ4v) is 3.57. The largest absolute Gasteiger partial charge is 0.382 e. The molecular formula is C14H12N5OS2. The van der Waals surface area contributed by atoms with Crippen molar-refractivity contribution in [2.45, 2.75) is 0 Å². The average molecular weight is 330 g/mol. The van der Waals surface area contributed by atoms with Gasteiger partial charge in [0.05, 0.1) is 5.69 Å². The first kappa shape index (κ1) is 14.5. The molecule has 0 aliphatic carbocycles. The second-order valence-electron chi connectivity index (χ2n) is 4.27. The van der Waals surface area contributed by atoms with E-state index < -0.39 is 0 Å². The van der Waals surface area contributed by atoms with Crippen LogP contribution < -0.4 is 16.4 Å². The molecule has 3 rings (SSSR count). The van der Waals surface area contributed by atoms with E-state index in [2.05, 4.69) is 26.7 Å². The summed E-state index contributed by atoms with van der Waals surface area (Å²) in [5, 5.41) is 8.26. The van der Waals surface area contributed by atoms with Gasteiger partial charge in [0.15, 0.2) is 5.13 Å². The number of amides is 2. The van der Waals surface area contributed by atoms with Crippen molar-refractivity contribution in [2.24, 2.45) is 0 Å². The van der Waals surface area contributed by atoms with Crippen molar-refractivity contribution in [1.29, 1.82) is 0 Å². The smallest absolute Gasteiger partial charge is 0.320 e. The van der Waals surface area contributed by atoms with Gasteiger partial charge < -0.3 is 11.1 Å². The van der Waals surface area contributed by atoms with Gasteiger partial charge in [-0.3, -0.25) is 5.32 Å². The average Bonchev–Trinajstić information content (AvgIpc) is 3.14. The van der Waals surface area contributed by atoms with E-state index in [0.717, 1.165) is 21.1 Å². The number of rotatable bonds is 3. The number of urea groups is 1. The van der Waals surface area contributed by atoms with Crippen LogP contribution in [0.2, 0.25) is 0 Å². The van der Waals surface area contributed by atoms with E-state index in [1.54, 1.807) is 0 Å². The second kappa shape index (κ2) is 6.12. The molecule has 1 radical (unpaired) electrons. The van der Waals surface area contributed by atoms with E-state index >= 15 is 0 Å². The lowest BCUT2D eigenvalue weighted by Crippen LogP contribution is -2.24. The van der Waals surface area contributed by atoms with Gasteiger partial charge in [-0.2, -0.15) is 0 Å². The molecule has 0 aliphatic heterocycles. The Balaban J connectivity index is 1.89. The molecule has 4 N–H and O–H groups in total. The molecule has 1 aromatic carbocycles. The van der Waals surface area contributed by atoms with Crippen molar-refractivity contribution in [1.82, 2.24) is 15.3 Å². The molecule has 0 saturated carbocycles. The summed E-state index contributed by atoms with van der Waals surface area (Å²) in [6, 6.07) is 10.3. The number of carbonyl (C=O) groups is 1. The zero-order chi connectivity index (χ0) is 15.5. The van der Waals surface area contributed by atoms with E-state index in [0.29, 0.717) is 10.9 Å². The summed E-state index contributed by atoms with van der Waals surface area (Å²) in [4.78, 5) is 20.8. The molecule has 0 atom stereocenters. The molecule has 3 aromatic rings. The van der Waals surface area contributed by atoms with Crippen LogP contribution in [0.3, 0.4) is 0 Å². The molecule has 6 nitrogen and oxygen atoms in total. The monoisotopic (exact) mass is 330 g/mol. The van der Waals surface area contributed by atoms with Gasteiger partial charge in [0.2, 0.25) is 0 Å². The fourth-order valence-electron chi connectivity index (χ4n) is 1.76. The van der Waals surface area contributed by atoms with E-state index in [4.69, 9.17) is 5.73 Å². The van der Waals surface area contributed by atoms with Crippen LogP contribution in [0.1, 0.15) is 0 Å². The molecular weight excluding hydrogens is 318 g/mol. The fraction of sp³-hybridized carbons (Fsp3) is 0.0714. The molecule has 2 aromatic heterocycles. The summed E-state index contributed by atoms with van der Waals surface area (Å²) in [5.41, 5.74) is 7.79. The molecule has 0 spiro atoms. The Morgan fingerprint density at radius 3 is 3.00 bits per heavy atom. The summed E-state index contributed by atoms with van der Waals surface area (Å²) in [6.07, 6.45) is 0. The summed E-state index contributed by atoms with van der Waals surface area (Å²) in [6.45, 7) is 0. The summed E-state index contributed by atoms with van der Waals surface area (Å²) >= 11 is 2.78. The summed E-state index contributed by atoms with van der Waals surface area (Å²) < 4.78 is 0. The van der Waals surface area contributed by atoms with Crippen molar-refractivity contribution < 1.29 is 4.79 Å². The SMILES string of the molecule is CNC(=O)Nc1nc(N)c(-c2nc(-c3c[c]ccc3)cs2)s1. The highest BCUT2D eigenvalue weighted by molar-refractivity contribution is 7.23. The number of nitrogen functional groups attached to an aromatic ring is 1. The van der Waals surface area contributed by atoms with Crippen LogP contribution in [0, 0.1) is 6.07 Å². The van der Waals surface area contributed by atoms with Gasteiger partial charge in [0.25, 0.3) is 0 Å². The molecule has 0 aliphatic rings. The quantitative estimate of drug-likeness (QED) is 0.688. The van der Waals surface area contributed by atoms with Gasteiger partial charge in [-0.05, 0) is 12.1 Å². The minimum Gasteiger partial charge on any atom is -0.382 e. The van der Waals surface area contributed by atoms with Gasteiger partial charge in [-0.15, -0.1) is 11.3 Å². The van der Waals surface area contributed by atoms with Crippen molar-refractivity contribution in [2.75, 3.05) is 18.1 Å². The molecule has 22 heavy (non-hydrogen) atoms. The zero-order valence-electron chi connectivity index (χ0n) is 11.6. The van der Waals surface area contributed by atoms with Crippen LogP contribution in [0.5, 0.6) is 0 Å². The predicted molar refractivity (Wildman–Crippen MR) is 90.0 cm³/mol. The highest BCUT2D eigenvalue weighted by atomic mass is 32.1. The molecule has 0 bridgehead atoms. The maximum absolute atomic E-state index is 11.3. The van der Waals surface area contributed by atoms with E-state index in [9.17, 15) is 4.79 Å². The summed E-state index contributed by atoms with van der Waals surface area (Å²) in [5.74, 6) is 0.358. The first-order valence-electron chi connectivity index (χ1n) is 6.35. The molecule has 0 saturated heterocycles. The third-order valence-corrected chi connectivity index (χ3v) is 4.78. The minimum atomic E-state index is -0.333. The number of nitrogens with one attached hydrogen (secondary N) is 2. The number of hydrogen-bond donors (Lipinski definition) is 3. The van der Waals surface area contributed by atoms with Gasteiger partial charge in [-0.25, -0.2) is 14.8 Å². The Kier molecular flexibility index (Phi) is 4.03. The number of nitrogens with zero attached hydrogens (tertiary/aromatic N) is 2. The Bertz CT molecular complexity index is 797. The normalized spacial score (nSPS) is 10.4. The highest BCUT2D eigenvalue weighted by Crippen LogP contribution is 2.38. The number of thiazole rings is 2. The second-order valence-corrected chi connectivity index (χ2v) is 6.12. The van der Waals surface area contributed by atoms with Crippen molar-refractivity contribution in [3.8, 4) is 21.1 Å². The van der Waals surface area contributed by atoms with Gasteiger partial charge >= 0.3 is 6.03 Å². The van der Waals surface area contributed by atoms with Crippen LogP contribution in [0.15, 0.2) is 29.6 Å². The molecule has 2 amide bonds. The number of carbonyl (C=O) groups excluding carboxylic acids is 1. The topological polar surface area (TPSA) is 92.9 Å². The van der Waals surface area contributed by atoms with Crippen LogP contribution in [0.25, 0.3) is 21.1 Å².